The molecule has 2 heterocycles. The Kier molecular flexibility index (Phi) is 5.14. The fraction of sp³-hybridized carbons (Fsp3) is 0.765. The van der Waals surface area contributed by atoms with Gasteiger partial charge in [-0.25, -0.2) is 4.39 Å². The molecule has 0 aromatic carbocycles. The van der Waals surface area contributed by atoms with Crippen molar-refractivity contribution in [2.45, 2.75) is 44.4 Å². The summed E-state index contributed by atoms with van der Waals surface area (Å²) in [7, 11) is 1.65. The van der Waals surface area contributed by atoms with E-state index in [1.165, 1.54) is 11.0 Å². The van der Waals surface area contributed by atoms with E-state index in [4.69, 9.17) is 4.74 Å². The van der Waals surface area contributed by atoms with Gasteiger partial charge >= 0.3 is 0 Å². The summed E-state index contributed by atoms with van der Waals surface area (Å²) in [5, 5.41) is 0. The number of methoxy groups -OCH3 is 1. The van der Waals surface area contributed by atoms with Crippen LogP contribution in [0.1, 0.15) is 33.1 Å². The second-order valence-corrected chi connectivity index (χ2v) is 6.90. The Labute approximate surface area is 137 Å². The van der Waals surface area contributed by atoms with Gasteiger partial charge in [-0.1, -0.05) is 20.4 Å². The van der Waals surface area contributed by atoms with Crippen LogP contribution in [0, 0.1) is 5.92 Å². The molecule has 6 heteroatoms. The number of halogens is 1. The van der Waals surface area contributed by atoms with Crippen LogP contribution in [0.2, 0.25) is 0 Å². The number of carbonyl (C=O) groups excluding carboxylic acids is 2. The third kappa shape index (κ3) is 3.27. The van der Waals surface area contributed by atoms with E-state index in [-0.39, 0.29) is 43.4 Å². The van der Waals surface area contributed by atoms with Gasteiger partial charge in [0, 0.05) is 39.6 Å². The average molecular weight is 326 g/mol. The molecule has 0 spiro atoms. The Hall–Kier alpha value is -1.43. The molecule has 130 valence electrons. The van der Waals surface area contributed by atoms with Gasteiger partial charge in [-0.05, 0) is 18.4 Å². The summed E-state index contributed by atoms with van der Waals surface area (Å²) in [4.78, 5) is 27.4. The van der Waals surface area contributed by atoms with Crippen molar-refractivity contribution in [1.82, 2.24) is 9.80 Å². The molecule has 0 N–H and O–H groups in total. The van der Waals surface area contributed by atoms with Crippen molar-refractivity contribution in [2.75, 3.05) is 33.3 Å². The maximum atomic E-state index is 15.1. The molecule has 5 nitrogen and oxygen atoms in total. The summed E-state index contributed by atoms with van der Waals surface area (Å²) < 4.78 is 20.8. The monoisotopic (exact) mass is 326 g/mol. The molecule has 0 aromatic heterocycles. The molecule has 2 rings (SSSR count). The second-order valence-electron chi connectivity index (χ2n) is 6.90. The lowest BCUT2D eigenvalue weighted by Gasteiger charge is -2.38. The maximum Gasteiger partial charge on any atom is 0.260 e. The van der Waals surface area contributed by atoms with Crippen LogP contribution in [0.25, 0.3) is 0 Å². The minimum absolute atomic E-state index is 0.0452. The van der Waals surface area contributed by atoms with E-state index < -0.39 is 11.6 Å². The topological polar surface area (TPSA) is 49.9 Å². The molecule has 2 fully saturated rings. The summed E-state index contributed by atoms with van der Waals surface area (Å²) in [6.07, 6.45) is 2.04. The molecule has 1 atom stereocenters. The quantitative estimate of drug-likeness (QED) is 0.740. The fourth-order valence-electron chi connectivity index (χ4n) is 3.56. The van der Waals surface area contributed by atoms with Crippen molar-refractivity contribution in [1.29, 1.82) is 0 Å². The van der Waals surface area contributed by atoms with E-state index in [9.17, 15) is 9.59 Å². The number of likely N-dealkylation sites (tertiary alicyclic amines) is 2. The largest absolute Gasteiger partial charge is 0.376 e. The normalized spacial score (nSPS) is 27.3. The molecule has 2 amide bonds. The van der Waals surface area contributed by atoms with E-state index in [0.29, 0.717) is 13.1 Å². The lowest BCUT2D eigenvalue weighted by molar-refractivity contribution is -0.150. The van der Waals surface area contributed by atoms with Crippen LogP contribution in [0.3, 0.4) is 0 Å². The summed E-state index contributed by atoms with van der Waals surface area (Å²) >= 11 is 0. The van der Waals surface area contributed by atoms with Crippen LogP contribution in [0.5, 0.6) is 0 Å². The third-order valence-corrected chi connectivity index (χ3v) is 5.43. The Balaban J connectivity index is 2.01. The molecule has 0 aromatic rings. The van der Waals surface area contributed by atoms with Crippen LogP contribution in [0.4, 0.5) is 4.39 Å². The summed E-state index contributed by atoms with van der Waals surface area (Å²) in [5.74, 6) is -0.408. The van der Waals surface area contributed by atoms with Crippen molar-refractivity contribution >= 4 is 11.8 Å². The van der Waals surface area contributed by atoms with Crippen LogP contribution in [-0.2, 0) is 14.3 Å². The highest BCUT2D eigenvalue weighted by molar-refractivity contribution is 5.88. The van der Waals surface area contributed by atoms with Crippen molar-refractivity contribution in [2.24, 2.45) is 5.92 Å². The summed E-state index contributed by atoms with van der Waals surface area (Å²) in [6, 6.07) is 0. The van der Waals surface area contributed by atoms with Crippen molar-refractivity contribution in [3.05, 3.63) is 12.7 Å². The van der Waals surface area contributed by atoms with Crippen molar-refractivity contribution in [3.8, 4) is 0 Å². The van der Waals surface area contributed by atoms with Gasteiger partial charge in [0.1, 0.15) is 0 Å². The van der Waals surface area contributed by atoms with Gasteiger partial charge in [-0.15, -0.1) is 0 Å². The van der Waals surface area contributed by atoms with E-state index in [0.717, 1.165) is 6.42 Å². The molecule has 0 bridgehead atoms. The molecule has 0 aliphatic carbocycles. The number of rotatable bonds is 4. The molecule has 2 aliphatic rings. The first kappa shape index (κ1) is 17.9. The molecule has 0 saturated carbocycles. The SMILES string of the molecule is C=CC(=O)N1CCC(F)(C(=O)N2CCC(OC)(C(C)C)C2)CC1. The van der Waals surface area contributed by atoms with Gasteiger partial charge in [0.15, 0.2) is 5.67 Å². The van der Waals surface area contributed by atoms with Gasteiger partial charge in [0.2, 0.25) is 5.91 Å². The highest BCUT2D eigenvalue weighted by Crippen LogP contribution is 2.36. The third-order valence-electron chi connectivity index (χ3n) is 5.43. The Morgan fingerprint density at radius 2 is 1.74 bits per heavy atom. The summed E-state index contributed by atoms with van der Waals surface area (Å²) in [5.41, 5.74) is -2.26. The number of nitrogens with zero attached hydrogens (tertiary/aromatic N) is 2. The number of hydrogen-bond donors (Lipinski definition) is 0. The predicted molar refractivity (Wildman–Crippen MR) is 85.6 cm³/mol. The first-order valence-corrected chi connectivity index (χ1v) is 8.23. The molecule has 23 heavy (non-hydrogen) atoms. The van der Waals surface area contributed by atoms with Crippen LogP contribution < -0.4 is 0 Å². The number of amides is 2. The lowest BCUT2D eigenvalue weighted by atomic mass is 9.89. The smallest absolute Gasteiger partial charge is 0.260 e. The molecule has 0 radical (unpaired) electrons. The van der Waals surface area contributed by atoms with Crippen LogP contribution in [-0.4, -0.2) is 66.2 Å². The van der Waals surface area contributed by atoms with E-state index >= 15 is 4.39 Å². The standard InChI is InChI=1S/C17H27FN2O3/c1-5-14(21)19-9-6-16(18,7-10-19)15(22)20-11-8-17(12-20,23-4)13(2)3/h5,13H,1,6-12H2,2-4H3. The molecule has 2 saturated heterocycles. The van der Waals surface area contributed by atoms with Gasteiger partial charge in [-0.3, -0.25) is 9.59 Å². The van der Waals surface area contributed by atoms with Crippen molar-refractivity contribution < 1.29 is 18.7 Å². The van der Waals surface area contributed by atoms with E-state index in [1.54, 1.807) is 12.0 Å². The second kappa shape index (κ2) is 6.59. The predicted octanol–water partition coefficient (Wildman–Crippen LogP) is 1.78. The first-order valence-electron chi connectivity index (χ1n) is 8.23. The Bertz CT molecular complexity index is 486. The van der Waals surface area contributed by atoms with Gasteiger partial charge in [-0.2, -0.15) is 0 Å². The molecule has 1 unspecified atom stereocenters. The highest BCUT2D eigenvalue weighted by Gasteiger charge is 2.50. The minimum Gasteiger partial charge on any atom is -0.376 e. The zero-order chi connectivity index (χ0) is 17.3. The number of hydrogen-bond acceptors (Lipinski definition) is 3. The lowest BCUT2D eigenvalue weighted by Crippen LogP contribution is -2.53. The number of ether oxygens (including phenoxy) is 1. The number of carbonyl (C=O) groups is 2. The minimum atomic E-state index is -1.88. The van der Waals surface area contributed by atoms with Gasteiger partial charge < -0.3 is 14.5 Å². The Morgan fingerprint density at radius 1 is 1.17 bits per heavy atom. The van der Waals surface area contributed by atoms with E-state index in [1.807, 2.05) is 0 Å². The Morgan fingerprint density at radius 3 is 2.17 bits per heavy atom. The van der Waals surface area contributed by atoms with Gasteiger partial charge in [0.25, 0.3) is 5.91 Å². The molecule has 2 aliphatic heterocycles. The zero-order valence-corrected chi connectivity index (χ0v) is 14.3. The molecular formula is C17H27FN2O3. The summed E-state index contributed by atoms with van der Waals surface area (Å²) in [6.45, 7) is 9.01. The number of alkyl halides is 1. The first-order chi connectivity index (χ1) is 10.8. The van der Waals surface area contributed by atoms with Crippen molar-refractivity contribution in [3.63, 3.8) is 0 Å². The van der Waals surface area contributed by atoms with Crippen LogP contribution in [0.15, 0.2) is 12.7 Å². The maximum absolute atomic E-state index is 15.1. The fourth-order valence-corrected chi connectivity index (χ4v) is 3.56. The number of piperidine rings is 1. The highest BCUT2D eigenvalue weighted by atomic mass is 19.1. The van der Waals surface area contributed by atoms with E-state index in [2.05, 4.69) is 20.4 Å². The average Bonchev–Trinajstić information content (AvgIpc) is 3.00. The zero-order valence-electron chi connectivity index (χ0n) is 14.3. The van der Waals surface area contributed by atoms with Gasteiger partial charge in [0.05, 0.1) is 12.1 Å². The molecular weight excluding hydrogens is 299 g/mol. The van der Waals surface area contributed by atoms with Crippen LogP contribution >= 0.6 is 0 Å².